The number of fused-ring (bicyclic) bond motifs is 3. The zero-order valence-electron chi connectivity index (χ0n) is 9.73. The summed E-state index contributed by atoms with van der Waals surface area (Å²) in [5.41, 5.74) is 4.63. The van der Waals surface area contributed by atoms with Crippen molar-refractivity contribution < 1.29 is 4.39 Å². The second-order valence-corrected chi connectivity index (χ2v) is 4.78. The Morgan fingerprint density at radius 2 is 1.88 bits per heavy atom. The molecule has 0 unspecified atom stereocenters. The van der Waals surface area contributed by atoms with E-state index in [0.717, 1.165) is 34.7 Å². The highest BCUT2D eigenvalue weighted by molar-refractivity contribution is 5.89. The van der Waals surface area contributed by atoms with Crippen LogP contribution in [0.5, 0.6) is 0 Å². The predicted molar refractivity (Wildman–Crippen MR) is 65.4 cm³/mol. The third kappa shape index (κ3) is 1.21. The molecule has 0 spiro atoms. The highest BCUT2D eigenvalue weighted by atomic mass is 19.1. The van der Waals surface area contributed by atoms with Gasteiger partial charge in [0, 0.05) is 5.39 Å². The molecular weight excluding hydrogens is 199 g/mol. The van der Waals surface area contributed by atoms with Gasteiger partial charge in [-0.1, -0.05) is 18.2 Å². The van der Waals surface area contributed by atoms with Crippen molar-refractivity contribution in [1.82, 2.24) is 0 Å². The predicted octanol–water partition coefficient (Wildman–Crippen LogP) is 4.08. The smallest absolute Gasteiger partial charge is 0.134 e. The molecule has 0 nitrogen and oxygen atoms in total. The number of hydrogen-bond acceptors (Lipinski definition) is 0. The van der Waals surface area contributed by atoms with Crippen molar-refractivity contribution in [3.8, 4) is 0 Å². The molecule has 2 aromatic rings. The molecule has 2 aromatic carbocycles. The van der Waals surface area contributed by atoms with Gasteiger partial charge < -0.3 is 0 Å². The van der Waals surface area contributed by atoms with Gasteiger partial charge >= 0.3 is 0 Å². The standard InChI is InChI=1S/C15H15F/c1-9-8-14-12-5-3-4-11(12)6-7-13(14)15(16)10(9)2/h6-8H,3-5H2,1-2H3. The van der Waals surface area contributed by atoms with Crippen molar-refractivity contribution in [3.05, 3.63) is 46.3 Å². The Balaban J connectivity index is 2.46. The Bertz CT molecular complexity index is 582. The zero-order valence-corrected chi connectivity index (χ0v) is 9.73. The van der Waals surface area contributed by atoms with Gasteiger partial charge in [0.25, 0.3) is 0 Å². The van der Waals surface area contributed by atoms with Crippen LogP contribution in [0, 0.1) is 19.7 Å². The molecule has 0 aliphatic heterocycles. The van der Waals surface area contributed by atoms with Crippen molar-refractivity contribution in [1.29, 1.82) is 0 Å². The summed E-state index contributed by atoms with van der Waals surface area (Å²) >= 11 is 0. The van der Waals surface area contributed by atoms with Gasteiger partial charge in [-0.3, -0.25) is 0 Å². The van der Waals surface area contributed by atoms with Crippen molar-refractivity contribution in [2.75, 3.05) is 0 Å². The molecule has 1 aliphatic rings. The lowest BCUT2D eigenvalue weighted by molar-refractivity contribution is 0.629. The van der Waals surface area contributed by atoms with E-state index >= 15 is 0 Å². The number of rotatable bonds is 0. The quantitative estimate of drug-likeness (QED) is 0.619. The zero-order chi connectivity index (χ0) is 11.3. The number of benzene rings is 2. The molecule has 0 fully saturated rings. The first-order valence-electron chi connectivity index (χ1n) is 5.88. The van der Waals surface area contributed by atoms with Crippen LogP contribution in [0.15, 0.2) is 18.2 Å². The van der Waals surface area contributed by atoms with Crippen LogP contribution in [-0.4, -0.2) is 0 Å². The molecule has 0 saturated heterocycles. The molecule has 0 atom stereocenters. The normalized spacial score (nSPS) is 14.4. The summed E-state index contributed by atoms with van der Waals surface area (Å²) in [4.78, 5) is 0. The molecule has 0 amide bonds. The lowest BCUT2D eigenvalue weighted by Crippen LogP contribution is -1.93. The molecular formula is C15H15F. The van der Waals surface area contributed by atoms with E-state index < -0.39 is 0 Å². The Labute approximate surface area is 95.1 Å². The van der Waals surface area contributed by atoms with Crippen molar-refractivity contribution in [2.24, 2.45) is 0 Å². The fourth-order valence-corrected chi connectivity index (χ4v) is 2.75. The second kappa shape index (κ2) is 3.31. The molecule has 82 valence electrons. The summed E-state index contributed by atoms with van der Waals surface area (Å²) in [7, 11) is 0. The SMILES string of the molecule is Cc1cc2c3c(ccc2c(F)c1C)CCC3. The van der Waals surface area contributed by atoms with Crippen LogP contribution in [0.4, 0.5) is 4.39 Å². The minimum Gasteiger partial charge on any atom is -0.206 e. The summed E-state index contributed by atoms with van der Waals surface area (Å²) in [6, 6.07) is 6.20. The van der Waals surface area contributed by atoms with Gasteiger partial charge in [0.1, 0.15) is 5.82 Å². The fraction of sp³-hybridized carbons (Fsp3) is 0.333. The molecule has 3 rings (SSSR count). The highest BCUT2D eigenvalue weighted by Crippen LogP contribution is 2.33. The molecule has 0 radical (unpaired) electrons. The van der Waals surface area contributed by atoms with E-state index in [-0.39, 0.29) is 5.82 Å². The average molecular weight is 214 g/mol. The topological polar surface area (TPSA) is 0 Å². The summed E-state index contributed by atoms with van der Waals surface area (Å²) < 4.78 is 14.1. The molecule has 16 heavy (non-hydrogen) atoms. The Kier molecular flexibility index (Phi) is 2.03. The van der Waals surface area contributed by atoms with E-state index in [0.29, 0.717) is 0 Å². The maximum Gasteiger partial charge on any atom is 0.134 e. The van der Waals surface area contributed by atoms with Gasteiger partial charge in [-0.2, -0.15) is 0 Å². The van der Waals surface area contributed by atoms with Crippen molar-refractivity contribution in [2.45, 2.75) is 33.1 Å². The van der Waals surface area contributed by atoms with Crippen LogP contribution >= 0.6 is 0 Å². The molecule has 0 aromatic heterocycles. The lowest BCUT2D eigenvalue weighted by atomic mass is 9.96. The minimum absolute atomic E-state index is 0.0373. The second-order valence-electron chi connectivity index (χ2n) is 4.78. The molecule has 0 saturated carbocycles. The third-order valence-electron chi connectivity index (χ3n) is 3.85. The molecule has 1 aliphatic carbocycles. The van der Waals surface area contributed by atoms with Crippen molar-refractivity contribution in [3.63, 3.8) is 0 Å². The first kappa shape index (κ1) is 9.83. The van der Waals surface area contributed by atoms with Gasteiger partial charge in [0.2, 0.25) is 0 Å². The van der Waals surface area contributed by atoms with E-state index in [2.05, 4.69) is 12.1 Å². The van der Waals surface area contributed by atoms with Crippen LogP contribution in [0.1, 0.15) is 28.7 Å². The van der Waals surface area contributed by atoms with Crippen LogP contribution in [-0.2, 0) is 12.8 Å². The van der Waals surface area contributed by atoms with Crippen LogP contribution in [0.3, 0.4) is 0 Å². The first-order valence-corrected chi connectivity index (χ1v) is 5.88. The Morgan fingerprint density at radius 1 is 1.06 bits per heavy atom. The number of aryl methyl sites for hydroxylation is 3. The Morgan fingerprint density at radius 3 is 2.69 bits per heavy atom. The van der Waals surface area contributed by atoms with Gasteiger partial charge in [0.15, 0.2) is 0 Å². The summed E-state index contributed by atoms with van der Waals surface area (Å²) in [5, 5.41) is 1.93. The van der Waals surface area contributed by atoms with E-state index in [1.165, 1.54) is 17.5 Å². The van der Waals surface area contributed by atoms with Crippen LogP contribution in [0.25, 0.3) is 10.8 Å². The monoisotopic (exact) mass is 214 g/mol. The molecule has 0 N–H and O–H groups in total. The summed E-state index contributed by atoms with van der Waals surface area (Å²) in [5.74, 6) is -0.0373. The van der Waals surface area contributed by atoms with E-state index in [1.54, 1.807) is 0 Å². The highest BCUT2D eigenvalue weighted by Gasteiger charge is 2.16. The average Bonchev–Trinajstić information content (AvgIpc) is 2.74. The van der Waals surface area contributed by atoms with E-state index in [9.17, 15) is 4.39 Å². The van der Waals surface area contributed by atoms with Gasteiger partial charge in [0.05, 0.1) is 0 Å². The van der Waals surface area contributed by atoms with E-state index in [1.807, 2.05) is 19.9 Å². The number of halogens is 1. The summed E-state index contributed by atoms with van der Waals surface area (Å²) in [6.45, 7) is 3.85. The van der Waals surface area contributed by atoms with Crippen LogP contribution in [0.2, 0.25) is 0 Å². The lowest BCUT2D eigenvalue weighted by Gasteiger charge is -2.10. The van der Waals surface area contributed by atoms with Gasteiger partial charge in [-0.25, -0.2) is 4.39 Å². The maximum atomic E-state index is 14.1. The number of hydrogen-bond donors (Lipinski definition) is 0. The summed E-state index contributed by atoms with van der Waals surface area (Å²) in [6.07, 6.45) is 3.47. The largest absolute Gasteiger partial charge is 0.206 e. The molecule has 0 bridgehead atoms. The van der Waals surface area contributed by atoms with Gasteiger partial charge in [-0.05, 0) is 60.7 Å². The third-order valence-corrected chi connectivity index (χ3v) is 3.85. The van der Waals surface area contributed by atoms with Gasteiger partial charge in [-0.15, -0.1) is 0 Å². The molecule has 0 heterocycles. The first-order chi connectivity index (χ1) is 7.68. The van der Waals surface area contributed by atoms with Crippen molar-refractivity contribution >= 4 is 10.8 Å². The van der Waals surface area contributed by atoms with E-state index in [4.69, 9.17) is 0 Å². The fourth-order valence-electron chi connectivity index (χ4n) is 2.75. The van der Waals surface area contributed by atoms with Crippen LogP contribution < -0.4 is 0 Å². The molecule has 1 heteroatoms. The Hall–Kier alpha value is -1.37. The minimum atomic E-state index is -0.0373. The maximum absolute atomic E-state index is 14.1.